The van der Waals surface area contributed by atoms with Gasteiger partial charge in [-0.2, -0.15) is 0 Å². The number of halogens is 3. The molecule has 2 rings (SSSR count). The second-order valence-corrected chi connectivity index (χ2v) is 4.91. The van der Waals surface area contributed by atoms with E-state index in [0.29, 0.717) is 5.02 Å². The largest absolute Gasteiger partial charge is 0.478 e. The van der Waals surface area contributed by atoms with Crippen LogP contribution in [0.15, 0.2) is 29.2 Å². The van der Waals surface area contributed by atoms with Crippen LogP contribution >= 0.6 is 34.8 Å². The molecule has 98 valence electrons. The lowest BCUT2D eigenvalue weighted by atomic mass is 10.1. The molecule has 0 bridgehead atoms. The Bertz CT molecular complexity index is 725. The zero-order valence-electron chi connectivity index (χ0n) is 9.21. The predicted octanol–water partition coefficient (Wildman–Crippen LogP) is 3.70. The summed E-state index contributed by atoms with van der Waals surface area (Å²) in [5.41, 5.74) is -0.176. The van der Waals surface area contributed by atoms with Crippen molar-refractivity contribution >= 4 is 40.8 Å². The number of rotatable bonds is 2. The minimum Gasteiger partial charge on any atom is -0.478 e. The summed E-state index contributed by atoms with van der Waals surface area (Å²) in [6.45, 7) is 0. The van der Waals surface area contributed by atoms with Crippen LogP contribution in [-0.2, 0) is 0 Å². The number of pyridine rings is 1. The highest BCUT2D eigenvalue weighted by Crippen LogP contribution is 2.35. The summed E-state index contributed by atoms with van der Waals surface area (Å²) in [6, 6.07) is 4.10. The fourth-order valence-electron chi connectivity index (χ4n) is 1.56. The standard InChI is InChI=1S/C12H6Cl3NO3/c13-6-2-7(10(15)9(14)3-6)8-1-5(12(18)19)4-16-11(8)17/h1-4H,(H,16,17)(H,18,19). The van der Waals surface area contributed by atoms with E-state index in [1.165, 1.54) is 18.2 Å². The molecule has 0 aliphatic rings. The van der Waals surface area contributed by atoms with Crippen LogP contribution in [0.25, 0.3) is 11.1 Å². The number of aromatic carboxylic acids is 1. The number of aromatic amines is 1. The lowest BCUT2D eigenvalue weighted by molar-refractivity contribution is 0.0696. The number of benzene rings is 1. The Kier molecular flexibility index (Phi) is 3.85. The van der Waals surface area contributed by atoms with E-state index in [1.807, 2.05) is 0 Å². The number of hydrogen-bond acceptors (Lipinski definition) is 2. The Balaban J connectivity index is 2.75. The van der Waals surface area contributed by atoms with Gasteiger partial charge in [-0.15, -0.1) is 0 Å². The SMILES string of the molecule is O=C(O)c1c[nH]c(=O)c(-c2cc(Cl)cc(Cl)c2Cl)c1. The van der Waals surface area contributed by atoms with Gasteiger partial charge in [0.05, 0.1) is 15.6 Å². The summed E-state index contributed by atoms with van der Waals surface area (Å²) in [5.74, 6) is -1.17. The van der Waals surface area contributed by atoms with Gasteiger partial charge < -0.3 is 10.1 Å². The van der Waals surface area contributed by atoms with E-state index in [4.69, 9.17) is 39.9 Å². The topological polar surface area (TPSA) is 70.2 Å². The van der Waals surface area contributed by atoms with Gasteiger partial charge in [0.2, 0.25) is 0 Å². The van der Waals surface area contributed by atoms with Gasteiger partial charge in [0, 0.05) is 22.3 Å². The molecule has 1 aromatic heterocycles. The zero-order chi connectivity index (χ0) is 14.2. The summed E-state index contributed by atoms with van der Waals surface area (Å²) in [7, 11) is 0. The Morgan fingerprint density at radius 1 is 1.11 bits per heavy atom. The van der Waals surface area contributed by atoms with Crippen LogP contribution in [0, 0.1) is 0 Å². The number of carboxylic acid groups (broad SMARTS) is 1. The zero-order valence-corrected chi connectivity index (χ0v) is 11.5. The molecule has 0 amide bonds. The van der Waals surface area contributed by atoms with Crippen LogP contribution in [0.4, 0.5) is 0 Å². The van der Waals surface area contributed by atoms with E-state index in [0.717, 1.165) is 6.20 Å². The lowest BCUT2D eigenvalue weighted by Gasteiger charge is -2.07. The van der Waals surface area contributed by atoms with Crippen LogP contribution in [0.1, 0.15) is 10.4 Å². The summed E-state index contributed by atoms with van der Waals surface area (Å²) < 4.78 is 0. The predicted molar refractivity (Wildman–Crippen MR) is 74.5 cm³/mol. The van der Waals surface area contributed by atoms with Crippen LogP contribution in [0.5, 0.6) is 0 Å². The third-order valence-corrected chi connectivity index (χ3v) is 3.45. The van der Waals surface area contributed by atoms with Gasteiger partial charge in [0.15, 0.2) is 0 Å². The molecule has 0 radical (unpaired) electrons. The summed E-state index contributed by atoms with van der Waals surface area (Å²) in [4.78, 5) is 25.0. The number of carboxylic acids is 1. The first-order valence-corrected chi connectivity index (χ1v) is 6.14. The van der Waals surface area contributed by atoms with Gasteiger partial charge in [-0.1, -0.05) is 34.8 Å². The van der Waals surface area contributed by atoms with Crippen molar-refractivity contribution in [1.29, 1.82) is 0 Å². The van der Waals surface area contributed by atoms with Crippen molar-refractivity contribution in [3.63, 3.8) is 0 Å². The van der Waals surface area contributed by atoms with Gasteiger partial charge in [0.25, 0.3) is 5.56 Å². The highest BCUT2D eigenvalue weighted by atomic mass is 35.5. The van der Waals surface area contributed by atoms with Crippen molar-refractivity contribution in [2.75, 3.05) is 0 Å². The van der Waals surface area contributed by atoms with E-state index < -0.39 is 11.5 Å². The van der Waals surface area contributed by atoms with Gasteiger partial charge in [-0.05, 0) is 18.2 Å². The second-order valence-electron chi connectivity index (χ2n) is 3.69. The van der Waals surface area contributed by atoms with Crippen molar-refractivity contribution in [2.45, 2.75) is 0 Å². The molecule has 1 aromatic carbocycles. The van der Waals surface area contributed by atoms with Crippen molar-refractivity contribution in [2.24, 2.45) is 0 Å². The molecule has 0 atom stereocenters. The normalized spacial score (nSPS) is 10.5. The first kappa shape index (κ1) is 13.9. The fraction of sp³-hybridized carbons (Fsp3) is 0. The number of nitrogens with one attached hydrogen (secondary N) is 1. The number of hydrogen-bond donors (Lipinski definition) is 2. The highest BCUT2D eigenvalue weighted by Gasteiger charge is 2.14. The molecule has 0 fully saturated rings. The maximum atomic E-state index is 11.8. The molecule has 0 aliphatic carbocycles. The van der Waals surface area contributed by atoms with Crippen LogP contribution in [-0.4, -0.2) is 16.1 Å². The molecule has 0 saturated heterocycles. The van der Waals surface area contributed by atoms with E-state index in [1.54, 1.807) is 0 Å². The molecular weight excluding hydrogens is 312 g/mol. The molecule has 0 saturated carbocycles. The molecule has 2 N–H and O–H groups in total. The molecule has 0 spiro atoms. The first-order valence-electron chi connectivity index (χ1n) is 5.01. The van der Waals surface area contributed by atoms with E-state index in [9.17, 15) is 9.59 Å². The third kappa shape index (κ3) is 2.76. The van der Waals surface area contributed by atoms with Gasteiger partial charge in [-0.25, -0.2) is 4.79 Å². The third-order valence-electron chi connectivity index (χ3n) is 2.43. The minimum absolute atomic E-state index is 0.0678. The molecule has 1 heterocycles. The quantitative estimate of drug-likeness (QED) is 0.829. The number of aromatic nitrogens is 1. The van der Waals surface area contributed by atoms with Crippen LogP contribution in [0.3, 0.4) is 0 Å². The van der Waals surface area contributed by atoms with Gasteiger partial charge >= 0.3 is 5.97 Å². The Morgan fingerprint density at radius 3 is 2.42 bits per heavy atom. The first-order chi connectivity index (χ1) is 8.90. The average molecular weight is 319 g/mol. The summed E-state index contributed by atoms with van der Waals surface area (Å²) in [6.07, 6.45) is 1.11. The molecule has 2 aromatic rings. The Morgan fingerprint density at radius 2 is 1.79 bits per heavy atom. The monoisotopic (exact) mass is 317 g/mol. The second kappa shape index (κ2) is 5.25. The summed E-state index contributed by atoms with van der Waals surface area (Å²) >= 11 is 17.7. The van der Waals surface area contributed by atoms with Crippen LogP contribution in [0.2, 0.25) is 15.1 Å². The van der Waals surface area contributed by atoms with E-state index >= 15 is 0 Å². The van der Waals surface area contributed by atoms with Crippen molar-refractivity contribution in [1.82, 2.24) is 4.98 Å². The molecular formula is C12H6Cl3NO3. The smallest absolute Gasteiger partial charge is 0.337 e. The number of H-pyrrole nitrogens is 1. The Labute approximate surface area is 122 Å². The van der Waals surface area contributed by atoms with Crippen molar-refractivity contribution in [3.05, 3.63) is 55.4 Å². The molecule has 0 aliphatic heterocycles. The van der Waals surface area contributed by atoms with E-state index in [2.05, 4.69) is 4.98 Å². The lowest BCUT2D eigenvalue weighted by Crippen LogP contribution is -2.11. The maximum Gasteiger partial charge on any atom is 0.337 e. The van der Waals surface area contributed by atoms with Gasteiger partial charge in [0.1, 0.15) is 0 Å². The number of carbonyl (C=O) groups is 1. The molecule has 4 nitrogen and oxygen atoms in total. The highest BCUT2D eigenvalue weighted by molar-refractivity contribution is 6.45. The molecule has 7 heteroatoms. The average Bonchev–Trinajstić information content (AvgIpc) is 2.34. The van der Waals surface area contributed by atoms with E-state index in [-0.39, 0.29) is 26.7 Å². The maximum absolute atomic E-state index is 11.8. The van der Waals surface area contributed by atoms with Gasteiger partial charge in [-0.3, -0.25) is 4.79 Å². The molecule has 0 unspecified atom stereocenters. The Hall–Kier alpha value is -1.49. The van der Waals surface area contributed by atoms with Crippen molar-refractivity contribution < 1.29 is 9.90 Å². The summed E-state index contributed by atoms with van der Waals surface area (Å²) in [5, 5.41) is 9.54. The molecule has 19 heavy (non-hydrogen) atoms. The minimum atomic E-state index is -1.17. The fourth-order valence-corrected chi connectivity index (χ4v) is 2.26. The van der Waals surface area contributed by atoms with Crippen LogP contribution < -0.4 is 5.56 Å². The van der Waals surface area contributed by atoms with Crippen molar-refractivity contribution in [3.8, 4) is 11.1 Å².